The largest absolute Gasteiger partial charge is 0.375 e. The van der Waals surface area contributed by atoms with Gasteiger partial charge < -0.3 is 4.74 Å². The Bertz CT molecular complexity index is 593. The summed E-state index contributed by atoms with van der Waals surface area (Å²) in [7, 11) is -3.16. The first kappa shape index (κ1) is 15.9. The SMILES string of the molecule is CS(=O)(=O)N1CCOC2CCN(Cc3cccnc3)CCC21. The number of pyridine rings is 1. The van der Waals surface area contributed by atoms with Crippen molar-refractivity contribution in [3.8, 4) is 0 Å². The summed E-state index contributed by atoms with van der Waals surface area (Å²) in [4.78, 5) is 6.51. The summed E-state index contributed by atoms with van der Waals surface area (Å²) in [6.07, 6.45) is 6.67. The van der Waals surface area contributed by atoms with Crippen molar-refractivity contribution >= 4 is 10.0 Å². The lowest BCUT2D eigenvalue weighted by atomic mass is 10.0. The second kappa shape index (κ2) is 6.62. The summed E-state index contributed by atoms with van der Waals surface area (Å²) in [6, 6.07) is 3.99. The summed E-state index contributed by atoms with van der Waals surface area (Å²) in [5, 5.41) is 0. The van der Waals surface area contributed by atoms with Crippen LogP contribution in [0.4, 0.5) is 0 Å². The van der Waals surface area contributed by atoms with E-state index < -0.39 is 10.0 Å². The number of ether oxygens (including phenoxy) is 1. The predicted octanol–water partition coefficient (Wildman–Crippen LogP) is 0.706. The quantitative estimate of drug-likeness (QED) is 0.819. The van der Waals surface area contributed by atoms with E-state index in [1.54, 1.807) is 10.5 Å². The molecule has 22 heavy (non-hydrogen) atoms. The van der Waals surface area contributed by atoms with Crippen LogP contribution in [-0.2, 0) is 21.3 Å². The molecule has 6 nitrogen and oxygen atoms in total. The number of fused-ring (bicyclic) bond motifs is 1. The van der Waals surface area contributed by atoms with Crippen molar-refractivity contribution in [2.75, 3.05) is 32.5 Å². The number of sulfonamides is 1. The molecule has 2 aliphatic heterocycles. The van der Waals surface area contributed by atoms with Gasteiger partial charge in [-0.1, -0.05) is 6.07 Å². The molecule has 7 heteroatoms. The maximum absolute atomic E-state index is 12.0. The Balaban J connectivity index is 1.68. The van der Waals surface area contributed by atoms with E-state index in [9.17, 15) is 8.42 Å². The van der Waals surface area contributed by atoms with Crippen molar-refractivity contribution in [3.05, 3.63) is 30.1 Å². The van der Waals surface area contributed by atoms with Gasteiger partial charge in [-0.2, -0.15) is 4.31 Å². The lowest BCUT2D eigenvalue weighted by Gasteiger charge is -2.38. The number of hydrogen-bond acceptors (Lipinski definition) is 5. The smallest absolute Gasteiger partial charge is 0.211 e. The van der Waals surface area contributed by atoms with Crippen molar-refractivity contribution < 1.29 is 13.2 Å². The molecule has 1 aromatic rings. The minimum absolute atomic E-state index is 0.0161. The number of aromatic nitrogens is 1. The molecule has 0 aromatic carbocycles. The van der Waals surface area contributed by atoms with E-state index >= 15 is 0 Å². The Kier molecular flexibility index (Phi) is 4.77. The summed E-state index contributed by atoms with van der Waals surface area (Å²) in [6.45, 7) is 3.63. The molecule has 1 aromatic heterocycles. The fourth-order valence-corrected chi connectivity index (χ4v) is 4.56. The monoisotopic (exact) mass is 325 g/mol. The van der Waals surface area contributed by atoms with Crippen LogP contribution in [0.2, 0.25) is 0 Å². The fraction of sp³-hybridized carbons (Fsp3) is 0.667. The fourth-order valence-electron chi connectivity index (χ4n) is 3.42. The minimum atomic E-state index is -3.16. The Morgan fingerprint density at radius 1 is 1.32 bits per heavy atom. The third-order valence-electron chi connectivity index (χ3n) is 4.47. The first-order valence-corrected chi connectivity index (χ1v) is 9.58. The van der Waals surface area contributed by atoms with Crippen LogP contribution < -0.4 is 0 Å². The second-order valence-electron chi connectivity index (χ2n) is 6.07. The summed E-state index contributed by atoms with van der Waals surface area (Å²) >= 11 is 0. The molecule has 2 unspecified atom stereocenters. The number of likely N-dealkylation sites (tertiary alicyclic amines) is 1. The van der Waals surface area contributed by atoms with E-state index in [1.807, 2.05) is 12.3 Å². The van der Waals surface area contributed by atoms with Crippen LogP contribution in [0.3, 0.4) is 0 Å². The van der Waals surface area contributed by atoms with Crippen molar-refractivity contribution in [2.24, 2.45) is 0 Å². The highest BCUT2D eigenvalue weighted by Gasteiger charge is 2.38. The van der Waals surface area contributed by atoms with Crippen molar-refractivity contribution in [1.29, 1.82) is 0 Å². The molecule has 0 spiro atoms. The first-order chi connectivity index (χ1) is 10.5. The van der Waals surface area contributed by atoms with Gasteiger partial charge in [0.05, 0.1) is 25.0 Å². The average molecular weight is 325 g/mol. The Morgan fingerprint density at radius 3 is 2.86 bits per heavy atom. The highest BCUT2D eigenvalue weighted by Crippen LogP contribution is 2.26. The molecule has 0 aliphatic carbocycles. The molecule has 2 aliphatic rings. The van der Waals surface area contributed by atoms with E-state index in [-0.39, 0.29) is 12.1 Å². The number of rotatable bonds is 3. The van der Waals surface area contributed by atoms with Crippen LogP contribution in [0.5, 0.6) is 0 Å². The molecule has 3 heterocycles. The van der Waals surface area contributed by atoms with Crippen LogP contribution in [0, 0.1) is 0 Å². The third-order valence-corrected chi connectivity index (χ3v) is 5.77. The highest BCUT2D eigenvalue weighted by atomic mass is 32.2. The topological polar surface area (TPSA) is 62.7 Å². The van der Waals surface area contributed by atoms with Gasteiger partial charge >= 0.3 is 0 Å². The molecule has 0 N–H and O–H groups in total. The maximum atomic E-state index is 12.0. The number of morpholine rings is 1. The van der Waals surface area contributed by atoms with Gasteiger partial charge in [-0.15, -0.1) is 0 Å². The van der Waals surface area contributed by atoms with Gasteiger partial charge in [-0.05, 0) is 24.5 Å². The predicted molar refractivity (Wildman–Crippen MR) is 83.8 cm³/mol. The lowest BCUT2D eigenvalue weighted by Crippen LogP contribution is -2.53. The van der Waals surface area contributed by atoms with E-state index in [0.29, 0.717) is 13.2 Å². The molecule has 0 radical (unpaired) electrons. The number of nitrogens with zero attached hydrogens (tertiary/aromatic N) is 3. The van der Waals surface area contributed by atoms with Crippen molar-refractivity contribution in [2.45, 2.75) is 31.5 Å². The lowest BCUT2D eigenvalue weighted by molar-refractivity contribution is -0.0407. The van der Waals surface area contributed by atoms with Crippen LogP contribution in [0.1, 0.15) is 18.4 Å². The molecular weight excluding hydrogens is 302 g/mol. The van der Waals surface area contributed by atoms with Crippen LogP contribution in [-0.4, -0.2) is 67.2 Å². The van der Waals surface area contributed by atoms with Crippen LogP contribution >= 0.6 is 0 Å². The van der Waals surface area contributed by atoms with Gasteiger partial charge in [-0.3, -0.25) is 9.88 Å². The van der Waals surface area contributed by atoms with Crippen LogP contribution in [0.15, 0.2) is 24.5 Å². The Labute approximate surface area is 132 Å². The number of hydrogen-bond donors (Lipinski definition) is 0. The third kappa shape index (κ3) is 3.65. The molecule has 0 amide bonds. The normalized spacial score (nSPS) is 28.0. The van der Waals surface area contributed by atoms with Gasteiger partial charge in [0, 0.05) is 38.6 Å². The van der Waals surface area contributed by atoms with Crippen molar-refractivity contribution in [3.63, 3.8) is 0 Å². The first-order valence-electron chi connectivity index (χ1n) is 7.74. The Morgan fingerprint density at radius 2 is 2.14 bits per heavy atom. The van der Waals surface area contributed by atoms with E-state index in [1.165, 1.54) is 11.8 Å². The highest BCUT2D eigenvalue weighted by molar-refractivity contribution is 7.88. The molecule has 3 rings (SSSR count). The summed E-state index contributed by atoms with van der Waals surface area (Å²) < 4.78 is 31.4. The molecule has 0 saturated carbocycles. The van der Waals surface area contributed by atoms with Crippen molar-refractivity contribution in [1.82, 2.24) is 14.2 Å². The van der Waals surface area contributed by atoms with Gasteiger partial charge in [0.2, 0.25) is 10.0 Å². The van der Waals surface area contributed by atoms with Gasteiger partial charge in [-0.25, -0.2) is 8.42 Å². The zero-order chi connectivity index (χ0) is 15.6. The molecule has 2 atom stereocenters. The molecule has 2 saturated heterocycles. The van der Waals surface area contributed by atoms with Gasteiger partial charge in [0.25, 0.3) is 0 Å². The molecule has 122 valence electrons. The standard InChI is InChI=1S/C15H23N3O3S/c1-22(19,20)18-9-10-21-15-5-8-17(7-4-14(15)18)12-13-3-2-6-16-11-13/h2-3,6,11,14-15H,4-5,7-10,12H2,1H3. The average Bonchev–Trinajstić information content (AvgIpc) is 2.70. The van der Waals surface area contributed by atoms with Gasteiger partial charge in [0.1, 0.15) is 0 Å². The zero-order valence-electron chi connectivity index (χ0n) is 12.9. The summed E-state index contributed by atoms with van der Waals surface area (Å²) in [5.74, 6) is 0. The van der Waals surface area contributed by atoms with E-state index in [2.05, 4.69) is 16.0 Å². The second-order valence-corrected chi connectivity index (χ2v) is 8.00. The van der Waals surface area contributed by atoms with E-state index in [0.717, 1.165) is 32.5 Å². The molecule has 0 bridgehead atoms. The minimum Gasteiger partial charge on any atom is -0.375 e. The van der Waals surface area contributed by atoms with Crippen LogP contribution in [0.25, 0.3) is 0 Å². The maximum Gasteiger partial charge on any atom is 0.211 e. The van der Waals surface area contributed by atoms with E-state index in [4.69, 9.17) is 4.74 Å². The Hall–Kier alpha value is -1.02. The molecular formula is C15H23N3O3S. The molecule has 2 fully saturated rings. The zero-order valence-corrected chi connectivity index (χ0v) is 13.7. The van der Waals surface area contributed by atoms with Gasteiger partial charge in [0.15, 0.2) is 0 Å². The summed E-state index contributed by atoms with van der Waals surface area (Å²) in [5.41, 5.74) is 1.19.